The SMILES string of the molecule is CC(C)CCC(=O)N(CCCN1CCCCC1)CCC(C)C. The number of piperidine rings is 1. The van der Waals surface area contributed by atoms with Gasteiger partial charge in [0.1, 0.15) is 0 Å². The van der Waals surface area contributed by atoms with E-state index in [-0.39, 0.29) is 0 Å². The van der Waals surface area contributed by atoms with Gasteiger partial charge in [-0.1, -0.05) is 34.1 Å². The van der Waals surface area contributed by atoms with Crippen molar-refractivity contribution in [1.29, 1.82) is 0 Å². The second-order valence-corrected chi connectivity index (χ2v) is 7.75. The topological polar surface area (TPSA) is 23.6 Å². The summed E-state index contributed by atoms with van der Waals surface area (Å²) in [5.41, 5.74) is 0. The molecule has 1 fully saturated rings. The molecule has 0 aliphatic carbocycles. The van der Waals surface area contributed by atoms with Crippen molar-refractivity contribution in [3.8, 4) is 0 Å². The van der Waals surface area contributed by atoms with Crippen LogP contribution in [0.4, 0.5) is 0 Å². The first-order valence-corrected chi connectivity index (χ1v) is 9.49. The van der Waals surface area contributed by atoms with E-state index in [4.69, 9.17) is 0 Å². The van der Waals surface area contributed by atoms with Gasteiger partial charge < -0.3 is 9.80 Å². The van der Waals surface area contributed by atoms with Crippen molar-refractivity contribution in [2.45, 2.75) is 72.6 Å². The summed E-state index contributed by atoms with van der Waals surface area (Å²) in [4.78, 5) is 17.2. The average molecular weight is 311 g/mol. The Balaban J connectivity index is 2.33. The minimum atomic E-state index is 0.369. The second kappa shape index (κ2) is 11.0. The summed E-state index contributed by atoms with van der Waals surface area (Å²) in [5.74, 6) is 1.65. The van der Waals surface area contributed by atoms with Crippen LogP contribution >= 0.6 is 0 Å². The van der Waals surface area contributed by atoms with Gasteiger partial charge in [-0.25, -0.2) is 0 Å². The molecule has 1 aliphatic rings. The molecule has 3 nitrogen and oxygen atoms in total. The lowest BCUT2D eigenvalue weighted by Crippen LogP contribution is -2.36. The molecule has 1 saturated heterocycles. The number of amides is 1. The van der Waals surface area contributed by atoms with E-state index < -0.39 is 0 Å². The van der Waals surface area contributed by atoms with Crippen LogP contribution < -0.4 is 0 Å². The Kier molecular flexibility index (Phi) is 9.77. The fourth-order valence-corrected chi connectivity index (χ4v) is 3.01. The van der Waals surface area contributed by atoms with Crippen LogP contribution in [0.2, 0.25) is 0 Å². The van der Waals surface area contributed by atoms with Gasteiger partial charge in [0.2, 0.25) is 5.91 Å². The van der Waals surface area contributed by atoms with Crippen LogP contribution in [-0.4, -0.2) is 48.4 Å². The van der Waals surface area contributed by atoms with Gasteiger partial charge in [-0.05, 0) is 63.6 Å². The Hall–Kier alpha value is -0.570. The summed E-state index contributed by atoms with van der Waals surface area (Å²) in [5, 5.41) is 0. The Labute approximate surface area is 138 Å². The number of hydrogen-bond acceptors (Lipinski definition) is 2. The van der Waals surface area contributed by atoms with Gasteiger partial charge in [-0.15, -0.1) is 0 Å². The van der Waals surface area contributed by atoms with Crippen LogP contribution in [0.1, 0.15) is 72.6 Å². The van der Waals surface area contributed by atoms with Gasteiger partial charge in [0.15, 0.2) is 0 Å². The van der Waals surface area contributed by atoms with Gasteiger partial charge in [0, 0.05) is 19.5 Å². The van der Waals surface area contributed by atoms with E-state index in [1.54, 1.807) is 0 Å². The first kappa shape index (κ1) is 19.5. The van der Waals surface area contributed by atoms with Crippen LogP contribution in [0.3, 0.4) is 0 Å². The largest absolute Gasteiger partial charge is 0.343 e. The Morgan fingerprint density at radius 3 is 2.18 bits per heavy atom. The predicted molar refractivity (Wildman–Crippen MR) is 95.0 cm³/mol. The maximum absolute atomic E-state index is 12.5. The molecule has 0 aromatic rings. The van der Waals surface area contributed by atoms with Gasteiger partial charge in [0.25, 0.3) is 0 Å². The zero-order valence-corrected chi connectivity index (χ0v) is 15.4. The molecule has 0 unspecified atom stereocenters. The lowest BCUT2D eigenvalue weighted by atomic mass is 10.1. The van der Waals surface area contributed by atoms with Crippen molar-refractivity contribution in [3.05, 3.63) is 0 Å². The van der Waals surface area contributed by atoms with Gasteiger partial charge in [0.05, 0.1) is 0 Å². The van der Waals surface area contributed by atoms with Gasteiger partial charge >= 0.3 is 0 Å². The van der Waals surface area contributed by atoms with Crippen LogP contribution in [0.5, 0.6) is 0 Å². The molecule has 0 bridgehead atoms. The lowest BCUT2D eigenvalue weighted by molar-refractivity contribution is -0.131. The second-order valence-electron chi connectivity index (χ2n) is 7.75. The molecule has 0 N–H and O–H groups in total. The quantitative estimate of drug-likeness (QED) is 0.604. The van der Waals surface area contributed by atoms with E-state index in [2.05, 4.69) is 37.5 Å². The molecule has 0 radical (unpaired) electrons. The Morgan fingerprint density at radius 2 is 1.59 bits per heavy atom. The highest BCUT2D eigenvalue weighted by atomic mass is 16.2. The number of hydrogen-bond donors (Lipinski definition) is 0. The molecule has 0 spiro atoms. The highest BCUT2D eigenvalue weighted by Gasteiger charge is 2.15. The Bertz CT molecular complexity index is 296. The molecular weight excluding hydrogens is 272 g/mol. The molecule has 3 heteroatoms. The molecule has 1 heterocycles. The third-order valence-corrected chi connectivity index (χ3v) is 4.62. The van der Waals surface area contributed by atoms with E-state index in [0.29, 0.717) is 17.7 Å². The molecule has 0 aromatic heterocycles. The summed E-state index contributed by atoms with van der Waals surface area (Å²) in [7, 11) is 0. The van der Waals surface area contributed by atoms with Crippen molar-refractivity contribution < 1.29 is 4.79 Å². The van der Waals surface area contributed by atoms with E-state index in [0.717, 1.165) is 45.3 Å². The highest BCUT2D eigenvalue weighted by molar-refractivity contribution is 5.76. The number of rotatable bonds is 10. The fraction of sp³-hybridized carbons (Fsp3) is 0.947. The molecule has 1 amide bonds. The molecule has 1 aliphatic heterocycles. The minimum absolute atomic E-state index is 0.369. The van der Waals surface area contributed by atoms with Crippen LogP contribution in [-0.2, 0) is 4.79 Å². The monoisotopic (exact) mass is 310 g/mol. The molecular formula is C19H38N2O. The first-order valence-electron chi connectivity index (χ1n) is 9.49. The third-order valence-electron chi connectivity index (χ3n) is 4.62. The summed E-state index contributed by atoms with van der Waals surface area (Å²) < 4.78 is 0. The summed E-state index contributed by atoms with van der Waals surface area (Å²) >= 11 is 0. The number of carbonyl (C=O) groups is 1. The van der Waals surface area contributed by atoms with E-state index in [1.165, 1.54) is 32.4 Å². The number of nitrogens with zero attached hydrogens (tertiary/aromatic N) is 2. The van der Waals surface area contributed by atoms with Gasteiger partial charge in [-0.2, -0.15) is 0 Å². The van der Waals surface area contributed by atoms with E-state index in [9.17, 15) is 4.79 Å². The number of likely N-dealkylation sites (tertiary alicyclic amines) is 1. The zero-order valence-electron chi connectivity index (χ0n) is 15.4. The summed E-state index contributed by atoms with van der Waals surface area (Å²) in [6, 6.07) is 0. The van der Waals surface area contributed by atoms with E-state index in [1.807, 2.05) is 0 Å². The Morgan fingerprint density at radius 1 is 0.955 bits per heavy atom. The van der Waals surface area contributed by atoms with Crippen molar-refractivity contribution in [2.24, 2.45) is 11.8 Å². The minimum Gasteiger partial charge on any atom is -0.343 e. The van der Waals surface area contributed by atoms with Crippen LogP contribution in [0.25, 0.3) is 0 Å². The number of carbonyl (C=O) groups excluding carboxylic acids is 1. The predicted octanol–water partition coefficient (Wildman–Crippen LogP) is 4.17. The molecule has 0 atom stereocenters. The van der Waals surface area contributed by atoms with Crippen molar-refractivity contribution >= 4 is 5.91 Å². The van der Waals surface area contributed by atoms with E-state index >= 15 is 0 Å². The van der Waals surface area contributed by atoms with Crippen LogP contribution in [0, 0.1) is 11.8 Å². The normalized spacial score (nSPS) is 16.5. The average Bonchev–Trinajstić information content (AvgIpc) is 2.49. The van der Waals surface area contributed by atoms with Crippen LogP contribution in [0.15, 0.2) is 0 Å². The van der Waals surface area contributed by atoms with Crippen molar-refractivity contribution in [1.82, 2.24) is 9.80 Å². The first-order chi connectivity index (χ1) is 10.5. The van der Waals surface area contributed by atoms with Gasteiger partial charge in [-0.3, -0.25) is 4.79 Å². The molecule has 130 valence electrons. The van der Waals surface area contributed by atoms with Crippen molar-refractivity contribution in [3.63, 3.8) is 0 Å². The standard InChI is InChI=1S/C19H38N2O/c1-17(2)9-10-19(22)21(16-11-18(3)4)15-8-14-20-12-6-5-7-13-20/h17-18H,5-16H2,1-4H3. The summed E-state index contributed by atoms with van der Waals surface area (Å²) in [6.07, 6.45) is 8.09. The molecule has 0 aromatic carbocycles. The summed E-state index contributed by atoms with van der Waals surface area (Å²) in [6.45, 7) is 14.4. The molecule has 1 rings (SSSR count). The van der Waals surface area contributed by atoms with Crippen molar-refractivity contribution in [2.75, 3.05) is 32.7 Å². The highest BCUT2D eigenvalue weighted by Crippen LogP contribution is 2.12. The maximum Gasteiger partial charge on any atom is 0.222 e. The lowest BCUT2D eigenvalue weighted by Gasteiger charge is -2.29. The smallest absolute Gasteiger partial charge is 0.222 e. The molecule has 22 heavy (non-hydrogen) atoms. The zero-order chi connectivity index (χ0) is 16.4. The molecule has 0 saturated carbocycles. The fourth-order valence-electron chi connectivity index (χ4n) is 3.01. The maximum atomic E-state index is 12.5. The third kappa shape index (κ3) is 8.77.